The second kappa shape index (κ2) is 5.74. The first-order valence-corrected chi connectivity index (χ1v) is 3.57. The van der Waals surface area contributed by atoms with Gasteiger partial charge in [-0.25, -0.2) is 4.99 Å². The van der Waals surface area contributed by atoms with Gasteiger partial charge in [0, 0.05) is 13.3 Å². The summed E-state index contributed by atoms with van der Waals surface area (Å²) >= 11 is 2.09. The molecule has 0 saturated heterocycles. The molecular formula is C5H8IN3. The first kappa shape index (κ1) is 8.61. The molecule has 9 heavy (non-hydrogen) atoms. The monoisotopic (exact) mass is 237 g/mol. The molecule has 4 heteroatoms. The van der Waals surface area contributed by atoms with E-state index in [-0.39, 0.29) is 0 Å². The third kappa shape index (κ3) is 5.48. The van der Waals surface area contributed by atoms with Gasteiger partial charge >= 0.3 is 0 Å². The highest BCUT2D eigenvalue weighted by atomic mass is 127. The van der Waals surface area contributed by atoms with Gasteiger partial charge in [-0.3, -0.25) is 4.99 Å². The van der Waals surface area contributed by atoms with Gasteiger partial charge < -0.3 is 5.73 Å². The summed E-state index contributed by atoms with van der Waals surface area (Å²) < 4.78 is 1.84. The minimum Gasteiger partial charge on any atom is -0.368 e. The smallest absolute Gasteiger partial charge is 0.214 e. The van der Waals surface area contributed by atoms with E-state index in [1.807, 2.05) is 4.08 Å². The Bertz CT molecular complexity index is 148. The van der Waals surface area contributed by atoms with Crippen LogP contribution in [0, 0.1) is 0 Å². The Labute approximate surface area is 67.9 Å². The van der Waals surface area contributed by atoms with E-state index in [9.17, 15) is 0 Å². The van der Waals surface area contributed by atoms with Crippen LogP contribution in [0.2, 0.25) is 0 Å². The summed E-state index contributed by atoms with van der Waals surface area (Å²) in [6.07, 6.45) is 3.37. The highest BCUT2D eigenvalue weighted by Gasteiger charge is 1.74. The Hall–Kier alpha value is -0.390. The van der Waals surface area contributed by atoms with Gasteiger partial charge in [0.2, 0.25) is 5.96 Å². The Balaban J connectivity index is 3.71. The molecule has 0 aliphatic carbocycles. The molecule has 0 heterocycles. The molecule has 0 aromatic rings. The standard InChI is InChI=1S/C5H8IN3/c1-8-5(7)9-4-2-3-6/h2-4H,1H3,(H2,7,8)/b3-2-,9-4?. The molecule has 3 nitrogen and oxygen atoms in total. The zero-order chi connectivity index (χ0) is 7.11. The number of guanidine groups is 1. The minimum atomic E-state index is 0.296. The quantitative estimate of drug-likeness (QED) is 0.412. The molecular weight excluding hydrogens is 229 g/mol. The van der Waals surface area contributed by atoms with Crippen molar-refractivity contribution >= 4 is 34.8 Å². The zero-order valence-corrected chi connectivity index (χ0v) is 7.24. The number of hydrogen-bond acceptors (Lipinski definition) is 1. The molecule has 0 radical (unpaired) electrons. The van der Waals surface area contributed by atoms with Gasteiger partial charge in [0.05, 0.1) is 0 Å². The largest absolute Gasteiger partial charge is 0.368 e. The van der Waals surface area contributed by atoms with Crippen LogP contribution in [0.25, 0.3) is 0 Å². The SMILES string of the molecule is CN=C(N)N=C/C=C\I. The molecule has 0 atom stereocenters. The van der Waals surface area contributed by atoms with Crippen LogP contribution in [0.1, 0.15) is 0 Å². The molecule has 0 rings (SSSR count). The Kier molecular flexibility index (Phi) is 5.49. The Morgan fingerprint density at radius 2 is 2.33 bits per heavy atom. The summed E-state index contributed by atoms with van der Waals surface area (Å²) in [5, 5.41) is 0. The normalized spacial score (nSPS) is 13.8. The van der Waals surface area contributed by atoms with E-state index in [2.05, 4.69) is 32.6 Å². The van der Waals surface area contributed by atoms with Crippen molar-refractivity contribution in [2.75, 3.05) is 7.05 Å². The molecule has 0 spiro atoms. The van der Waals surface area contributed by atoms with Crippen LogP contribution in [0.4, 0.5) is 0 Å². The van der Waals surface area contributed by atoms with Gasteiger partial charge in [-0.2, -0.15) is 0 Å². The first-order valence-electron chi connectivity index (χ1n) is 2.33. The van der Waals surface area contributed by atoms with E-state index in [4.69, 9.17) is 5.73 Å². The average Bonchev–Trinajstić information content (AvgIpc) is 1.89. The molecule has 0 unspecified atom stereocenters. The first-order chi connectivity index (χ1) is 4.31. The van der Waals surface area contributed by atoms with Crippen molar-refractivity contribution in [1.82, 2.24) is 0 Å². The van der Waals surface area contributed by atoms with Crippen molar-refractivity contribution in [3.63, 3.8) is 0 Å². The number of nitrogens with zero attached hydrogens (tertiary/aromatic N) is 2. The van der Waals surface area contributed by atoms with Crippen LogP contribution in [0.3, 0.4) is 0 Å². The van der Waals surface area contributed by atoms with E-state index < -0.39 is 0 Å². The molecule has 50 valence electrons. The summed E-state index contributed by atoms with van der Waals surface area (Å²) in [5.41, 5.74) is 5.23. The predicted octanol–water partition coefficient (Wildman–Crippen LogP) is 0.950. The van der Waals surface area contributed by atoms with Gasteiger partial charge in [-0.05, 0) is 10.2 Å². The van der Waals surface area contributed by atoms with Crippen molar-refractivity contribution in [1.29, 1.82) is 0 Å². The average molecular weight is 237 g/mol. The number of nitrogens with two attached hydrogens (primary N) is 1. The van der Waals surface area contributed by atoms with Crippen LogP contribution in [0.15, 0.2) is 20.1 Å². The van der Waals surface area contributed by atoms with Crippen LogP contribution in [0.5, 0.6) is 0 Å². The van der Waals surface area contributed by atoms with Gasteiger partial charge in [-0.15, -0.1) is 0 Å². The molecule has 0 fully saturated rings. The topological polar surface area (TPSA) is 50.7 Å². The van der Waals surface area contributed by atoms with Crippen molar-refractivity contribution in [2.24, 2.45) is 15.7 Å². The van der Waals surface area contributed by atoms with Crippen LogP contribution in [-0.2, 0) is 0 Å². The van der Waals surface area contributed by atoms with E-state index >= 15 is 0 Å². The third-order valence-corrected chi connectivity index (χ3v) is 1.01. The lowest BCUT2D eigenvalue weighted by molar-refractivity contribution is 1.36. The van der Waals surface area contributed by atoms with Crippen LogP contribution in [-0.4, -0.2) is 19.2 Å². The summed E-state index contributed by atoms with van der Waals surface area (Å²) in [7, 11) is 1.60. The fourth-order valence-corrected chi connectivity index (χ4v) is 0.395. The maximum Gasteiger partial charge on any atom is 0.214 e. The summed E-state index contributed by atoms with van der Waals surface area (Å²) in [5.74, 6) is 0.296. The molecule has 0 saturated carbocycles. The summed E-state index contributed by atoms with van der Waals surface area (Å²) in [6.45, 7) is 0. The number of halogens is 1. The van der Waals surface area contributed by atoms with E-state index in [0.717, 1.165) is 0 Å². The maximum atomic E-state index is 5.23. The van der Waals surface area contributed by atoms with Gasteiger partial charge in [0.1, 0.15) is 0 Å². The Morgan fingerprint density at radius 1 is 1.67 bits per heavy atom. The lowest BCUT2D eigenvalue weighted by atomic mass is 10.7. The number of hydrogen-bond donors (Lipinski definition) is 1. The lowest BCUT2D eigenvalue weighted by Crippen LogP contribution is -2.06. The molecule has 0 aromatic carbocycles. The second-order valence-corrected chi connectivity index (χ2v) is 1.90. The van der Waals surface area contributed by atoms with E-state index in [1.165, 1.54) is 0 Å². The molecule has 0 bridgehead atoms. The predicted molar refractivity (Wildman–Crippen MR) is 49.2 cm³/mol. The third-order valence-electron chi connectivity index (χ3n) is 0.595. The van der Waals surface area contributed by atoms with E-state index in [0.29, 0.717) is 5.96 Å². The number of rotatable bonds is 1. The van der Waals surface area contributed by atoms with Crippen molar-refractivity contribution in [2.45, 2.75) is 0 Å². The van der Waals surface area contributed by atoms with Crippen molar-refractivity contribution < 1.29 is 0 Å². The maximum absolute atomic E-state index is 5.23. The number of allylic oxidation sites excluding steroid dienone is 1. The second-order valence-electron chi connectivity index (χ2n) is 1.18. The van der Waals surface area contributed by atoms with Crippen LogP contribution >= 0.6 is 22.6 Å². The van der Waals surface area contributed by atoms with E-state index in [1.54, 1.807) is 19.3 Å². The van der Waals surface area contributed by atoms with Gasteiger partial charge in [0.15, 0.2) is 0 Å². The minimum absolute atomic E-state index is 0.296. The summed E-state index contributed by atoms with van der Waals surface area (Å²) in [4.78, 5) is 7.36. The molecule has 2 N–H and O–H groups in total. The van der Waals surface area contributed by atoms with Crippen molar-refractivity contribution in [3.8, 4) is 0 Å². The Morgan fingerprint density at radius 3 is 2.78 bits per heavy atom. The summed E-state index contributed by atoms with van der Waals surface area (Å²) in [6, 6.07) is 0. The highest BCUT2D eigenvalue weighted by molar-refractivity contribution is 14.1. The van der Waals surface area contributed by atoms with Crippen molar-refractivity contribution in [3.05, 3.63) is 10.2 Å². The van der Waals surface area contributed by atoms with Gasteiger partial charge in [0.25, 0.3) is 0 Å². The fraction of sp³-hybridized carbons (Fsp3) is 0.200. The van der Waals surface area contributed by atoms with Crippen LogP contribution < -0.4 is 5.73 Å². The van der Waals surface area contributed by atoms with Gasteiger partial charge in [-0.1, -0.05) is 22.6 Å². The fourth-order valence-electron chi connectivity index (χ4n) is 0.210. The zero-order valence-electron chi connectivity index (χ0n) is 5.08. The molecule has 0 aliphatic rings. The molecule has 0 amide bonds. The number of aliphatic imine (C=N–C) groups is 2. The molecule has 0 aliphatic heterocycles. The molecule has 0 aromatic heterocycles. The lowest BCUT2D eigenvalue weighted by Gasteiger charge is -1.82. The highest BCUT2D eigenvalue weighted by Crippen LogP contribution is 1.79.